The second kappa shape index (κ2) is 5.11. The molecule has 0 saturated heterocycles. The van der Waals surface area contributed by atoms with Crippen molar-refractivity contribution >= 4 is 23.0 Å². The predicted molar refractivity (Wildman–Crippen MR) is 80.0 cm³/mol. The molecule has 0 radical (unpaired) electrons. The molecule has 0 bridgehead atoms. The van der Waals surface area contributed by atoms with Gasteiger partial charge >= 0.3 is 0 Å². The van der Waals surface area contributed by atoms with Gasteiger partial charge in [0.25, 0.3) is 0 Å². The van der Waals surface area contributed by atoms with Crippen molar-refractivity contribution in [2.24, 2.45) is 5.84 Å². The van der Waals surface area contributed by atoms with Gasteiger partial charge in [-0.25, -0.2) is 15.8 Å². The van der Waals surface area contributed by atoms with Gasteiger partial charge < -0.3 is 14.7 Å². The summed E-state index contributed by atoms with van der Waals surface area (Å²) in [7, 11) is 1.87. The monoisotopic (exact) mass is 279 g/mol. The van der Waals surface area contributed by atoms with Gasteiger partial charge in [-0.1, -0.05) is 6.07 Å². The molecule has 7 heteroatoms. The molecule has 3 aromatic rings. The van der Waals surface area contributed by atoms with Gasteiger partial charge in [-0.3, -0.25) is 0 Å². The van der Waals surface area contributed by atoms with Gasteiger partial charge in [0, 0.05) is 25.1 Å². The number of hydrazine groups is 1. The first-order valence-electron chi connectivity index (χ1n) is 6.27. The molecule has 7 nitrogen and oxygen atoms in total. The second-order valence-corrected chi connectivity index (χ2v) is 4.47. The lowest BCUT2D eigenvalue weighted by Crippen LogP contribution is -2.16. The van der Waals surface area contributed by atoms with Crippen molar-refractivity contribution in [3.05, 3.63) is 48.4 Å². The second-order valence-electron chi connectivity index (χ2n) is 4.47. The first-order valence-corrected chi connectivity index (χ1v) is 6.27. The molecule has 3 N–H and O–H groups in total. The molecular weight excluding hydrogens is 266 g/mol. The summed E-state index contributed by atoms with van der Waals surface area (Å²) < 4.78 is 1.84. The van der Waals surface area contributed by atoms with Crippen LogP contribution in [0, 0.1) is 11.3 Å². The van der Waals surface area contributed by atoms with Gasteiger partial charge in [0.2, 0.25) is 0 Å². The van der Waals surface area contributed by atoms with E-state index in [1.165, 1.54) is 0 Å². The average Bonchev–Trinajstić information content (AvgIpc) is 3.01. The van der Waals surface area contributed by atoms with Crippen LogP contribution >= 0.6 is 0 Å². The van der Waals surface area contributed by atoms with E-state index in [1.54, 1.807) is 24.5 Å². The molecule has 2 aromatic heterocycles. The highest BCUT2D eigenvalue weighted by Crippen LogP contribution is 2.26. The lowest BCUT2D eigenvalue weighted by molar-refractivity contribution is 1.05. The summed E-state index contributed by atoms with van der Waals surface area (Å²) in [6, 6.07) is 9.42. The third-order valence-corrected chi connectivity index (χ3v) is 3.18. The van der Waals surface area contributed by atoms with Crippen LogP contribution in [-0.2, 0) is 0 Å². The zero-order valence-electron chi connectivity index (χ0n) is 11.4. The Labute approximate surface area is 121 Å². The smallest absolute Gasteiger partial charge is 0.180 e. The molecule has 3 rings (SSSR count). The Morgan fingerprint density at radius 3 is 3.05 bits per heavy atom. The van der Waals surface area contributed by atoms with Crippen LogP contribution < -0.4 is 16.2 Å². The minimum Gasteiger partial charge on any atom is -0.326 e. The summed E-state index contributed by atoms with van der Waals surface area (Å²) in [5.41, 5.74) is 4.68. The van der Waals surface area contributed by atoms with E-state index in [2.05, 4.69) is 21.5 Å². The van der Waals surface area contributed by atoms with Crippen molar-refractivity contribution in [2.45, 2.75) is 0 Å². The van der Waals surface area contributed by atoms with E-state index in [9.17, 15) is 0 Å². The normalized spacial score (nSPS) is 10.3. The zero-order chi connectivity index (χ0) is 14.8. The molecule has 0 amide bonds. The van der Waals surface area contributed by atoms with Gasteiger partial charge in [-0.15, -0.1) is 0 Å². The molecule has 0 aliphatic carbocycles. The molecule has 104 valence electrons. The number of anilines is 3. The molecule has 0 unspecified atom stereocenters. The van der Waals surface area contributed by atoms with Crippen molar-refractivity contribution < 1.29 is 0 Å². The Morgan fingerprint density at radius 2 is 2.29 bits per heavy atom. The van der Waals surface area contributed by atoms with Gasteiger partial charge in [-0.05, 0) is 18.2 Å². The number of nitrogens with one attached hydrogen (secondary N) is 1. The minimum atomic E-state index is 0.527. The van der Waals surface area contributed by atoms with E-state index in [0.29, 0.717) is 22.8 Å². The maximum absolute atomic E-state index is 9.01. The maximum Gasteiger partial charge on any atom is 0.180 e. The third kappa shape index (κ3) is 2.24. The van der Waals surface area contributed by atoms with E-state index in [1.807, 2.05) is 34.7 Å². The van der Waals surface area contributed by atoms with Crippen LogP contribution in [0.4, 0.5) is 17.3 Å². The number of hydrogen-bond acceptors (Lipinski definition) is 6. The number of fused-ring (bicyclic) bond motifs is 1. The Morgan fingerprint density at radius 1 is 1.43 bits per heavy atom. The average molecular weight is 279 g/mol. The van der Waals surface area contributed by atoms with E-state index in [0.717, 1.165) is 5.69 Å². The van der Waals surface area contributed by atoms with Crippen LogP contribution in [0.2, 0.25) is 0 Å². The standard InChI is InChI=1S/C14H13N7/c1-20(11-4-2-3-10(7-11)8-15)14-13-17-5-6-21(13)9-12(18-14)19-16/h2-7,9,19H,16H2,1H3. The molecule has 1 aromatic carbocycles. The highest BCUT2D eigenvalue weighted by atomic mass is 15.3. The van der Waals surface area contributed by atoms with Crippen LogP contribution in [0.3, 0.4) is 0 Å². The van der Waals surface area contributed by atoms with Crippen LogP contribution in [0.25, 0.3) is 5.65 Å². The number of nitrogens with zero attached hydrogens (tertiary/aromatic N) is 5. The number of nitrogen functional groups attached to an aromatic ring is 1. The Balaban J connectivity index is 2.14. The van der Waals surface area contributed by atoms with Crippen molar-refractivity contribution in [2.75, 3.05) is 17.4 Å². The Bertz CT molecular complexity index is 831. The number of nitriles is 1. The zero-order valence-corrected chi connectivity index (χ0v) is 11.4. The topological polar surface area (TPSA) is 95.3 Å². The molecule has 2 heterocycles. The minimum absolute atomic E-state index is 0.527. The quantitative estimate of drug-likeness (QED) is 0.559. The largest absolute Gasteiger partial charge is 0.326 e. The number of hydrogen-bond donors (Lipinski definition) is 2. The molecule has 0 aliphatic heterocycles. The predicted octanol–water partition coefficient (Wildman–Crippen LogP) is 1.65. The van der Waals surface area contributed by atoms with Gasteiger partial charge in [0.15, 0.2) is 17.3 Å². The molecular formula is C14H13N7. The van der Waals surface area contributed by atoms with Crippen LogP contribution in [0.15, 0.2) is 42.9 Å². The fraction of sp³-hybridized carbons (Fsp3) is 0.0714. The molecule has 0 fully saturated rings. The first-order chi connectivity index (χ1) is 10.2. The highest BCUT2D eigenvalue weighted by molar-refractivity contribution is 5.73. The van der Waals surface area contributed by atoms with Gasteiger partial charge in [0.05, 0.1) is 17.8 Å². The fourth-order valence-corrected chi connectivity index (χ4v) is 2.12. The van der Waals surface area contributed by atoms with E-state index < -0.39 is 0 Å². The van der Waals surface area contributed by atoms with E-state index in [-0.39, 0.29) is 0 Å². The fourth-order valence-electron chi connectivity index (χ4n) is 2.12. The SMILES string of the molecule is CN(c1cccc(C#N)c1)c1nc(NN)cn2ccnc12. The maximum atomic E-state index is 9.01. The van der Waals surface area contributed by atoms with Gasteiger partial charge in [0.1, 0.15) is 0 Å². The molecule has 0 aliphatic rings. The summed E-state index contributed by atoms with van der Waals surface area (Å²) in [5.74, 6) is 6.63. The number of rotatable bonds is 3. The number of nitrogens with two attached hydrogens (primary N) is 1. The summed E-state index contributed by atoms with van der Waals surface area (Å²) in [6.07, 6.45) is 5.27. The van der Waals surface area contributed by atoms with Crippen molar-refractivity contribution in [1.29, 1.82) is 5.26 Å². The lowest BCUT2D eigenvalue weighted by Gasteiger charge is -2.19. The molecule has 0 atom stereocenters. The van der Waals surface area contributed by atoms with Crippen molar-refractivity contribution in [1.82, 2.24) is 14.4 Å². The number of benzene rings is 1. The molecule has 0 saturated carbocycles. The lowest BCUT2D eigenvalue weighted by atomic mass is 10.2. The number of aromatic nitrogens is 3. The van der Waals surface area contributed by atoms with Gasteiger partial charge in [-0.2, -0.15) is 5.26 Å². The third-order valence-electron chi connectivity index (χ3n) is 3.18. The highest BCUT2D eigenvalue weighted by Gasteiger charge is 2.13. The van der Waals surface area contributed by atoms with Crippen molar-refractivity contribution in [3.63, 3.8) is 0 Å². The Kier molecular flexibility index (Phi) is 3.14. The number of imidazole rings is 1. The van der Waals surface area contributed by atoms with Crippen LogP contribution in [0.5, 0.6) is 0 Å². The molecule has 0 spiro atoms. The summed E-state index contributed by atoms with van der Waals surface area (Å²) >= 11 is 0. The van der Waals surface area contributed by atoms with Crippen molar-refractivity contribution in [3.8, 4) is 6.07 Å². The Hall–Kier alpha value is -3.11. The van der Waals surface area contributed by atoms with E-state index >= 15 is 0 Å². The molecule has 21 heavy (non-hydrogen) atoms. The summed E-state index contributed by atoms with van der Waals surface area (Å²) in [6.45, 7) is 0. The first kappa shape index (κ1) is 12.9. The summed E-state index contributed by atoms with van der Waals surface area (Å²) in [4.78, 5) is 10.6. The summed E-state index contributed by atoms with van der Waals surface area (Å²) in [5, 5.41) is 9.01. The van der Waals surface area contributed by atoms with Crippen LogP contribution in [-0.4, -0.2) is 21.4 Å². The van der Waals surface area contributed by atoms with Crippen LogP contribution in [0.1, 0.15) is 5.56 Å². The van der Waals surface area contributed by atoms with E-state index in [4.69, 9.17) is 11.1 Å².